The van der Waals surface area contributed by atoms with Crippen molar-refractivity contribution in [1.82, 2.24) is 29.6 Å². The van der Waals surface area contributed by atoms with Gasteiger partial charge < -0.3 is 5.32 Å². The van der Waals surface area contributed by atoms with Crippen molar-refractivity contribution in [2.24, 2.45) is 0 Å². The minimum absolute atomic E-state index is 0.263. The van der Waals surface area contributed by atoms with E-state index in [4.69, 9.17) is 15.3 Å². The SMILES string of the molecule is Cc1nn(C(C)C)c(C)c1CN1CCCC1c1cnc(Nc2ccc(C#N)nc2)cn1. The number of nitrogens with one attached hydrogen (secondary N) is 1. The second kappa shape index (κ2) is 8.82. The van der Waals surface area contributed by atoms with E-state index < -0.39 is 0 Å². The van der Waals surface area contributed by atoms with Crippen LogP contribution in [0.5, 0.6) is 0 Å². The molecule has 3 aromatic heterocycles. The van der Waals surface area contributed by atoms with Crippen LogP contribution in [0.4, 0.5) is 11.5 Å². The lowest BCUT2D eigenvalue weighted by molar-refractivity contribution is 0.243. The number of rotatable bonds is 6. The molecule has 1 atom stereocenters. The number of nitriles is 1. The van der Waals surface area contributed by atoms with Gasteiger partial charge in [-0.15, -0.1) is 0 Å². The number of nitrogens with zero attached hydrogens (tertiary/aromatic N) is 7. The molecule has 8 heteroatoms. The van der Waals surface area contributed by atoms with Crippen LogP contribution in [0.15, 0.2) is 30.7 Å². The zero-order chi connectivity index (χ0) is 22.0. The molecule has 1 N–H and O–H groups in total. The Morgan fingerprint density at radius 1 is 1.16 bits per heavy atom. The molecular formula is C23H28N8. The van der Waals surface area contributed by atoms with Gasteiger partial charge in [-0.3, -0.25) is 14.6 Å². The Morgan fingerprint density at radius 2 is 2.00 bits per heavy atom. The van der Waals surface area contributed by atoms with Crippen LogP contribution in [0.3, 0.4) is 0 Å². The summed E-state index contributed by atoms with van der Waals surface area (Å²) in [6, 6.07) is 6.12. The number of anilines is 2. The fraction of sp³-hybridized carbons (Fsp3) is 0.435. The van der Waals surface area contributed by atoms with Crippen LogP contribution < -0.4 is 5.32 Å². The molecule has 1 fully saturated rings. The Morgan fingerprint density at radius 3 is 2.61 bits per heavy atom. The molecule has 0 bridgehead atoms. The van der Waals surface area contributed by atoms with Gasteiger partial charge in [-0.1, -0.05) is 0 Å². The first-order valence-electron chi connectivity index (χ1n) is 10.7. The minimum Gasteiger partial charge on any atom is -0.338 e. The standard InChI is InChI=1S/C23H28N8/c1-15(2)31-17(4)20(16(3)29-31)14-30-9-5-6-22(30)21-12-27-23(13-26-21)28-19-8-7-18(10-24)25-11-19/h7-8,11-13,15,22H,5-6,9,14H2,1-4H3,(H,27,28). The zero-order valence-corrected chi connectivity index (χ0v) is 18.5. The van der Waals surface area contributed by atoms with E-state index in [2.05, 4.69) is 52.6 Å². The second-order valence-corrected chi connectivity index (χ2v) is 8.31. The summed E-state index contributed by atoms with van der Waals surface area (Å²) in [6.07, 6.45) is 7.48. The van der Waals surface area contributed by atoms with E-state index >= 15 is 0 Å². The summed E-state index contributed by atoms with van der Waals surface area (Å²) in [7, 11) is 0. The molecule has 1 aliphatic rings. The molecule has 160 valence electrons. The van der Waals surface area contributed by atoms with E-state index in [1.165, 1.54) is 11.3 Å². The molecule has 0 aromatic carbocycles. The first kappa shape index (κ1) is 20.9. The number of hydrogen-bond donors (Lipinski definition) is 1. The van der Waals surface area contributed by atoms with E-state index in [1.807, 2.05) is 18.3 Å². The molecule has 0 radical (unpaired) electrons. The summed E-state index contributed by atoms with van der Waals surface area (Å²) in [6.45, 7) is 10.5. The summed E-state index contributed by atoms with van der Waals surface area (Å²) in [5.41, 5.74) is 5.83. The number of likely N-dealkylation sites (tertiary alicyclic amines) is 1. The van der Waals surface area contributed by atoms with Crippen LogP contribution in [0.25, 0.3) is 0 Å². The van der Waals surface area contributed by atoms with Crippen LogP contribution in [0, 0.1) is 25.2 Å². The molecule has 0 amide bonds. The predicted molar refractivity (Wildman–Crippen MR) is 119 cm³/mol. The van der Waals surface area contributed by atoms with Gasteiger partial charge in [0.2, 0.25) is 0 Å². The Bertz CT molecular complexity index is 1080. The third kappa shape index (κ3) is 4.42. The van der Waals surface area contributed by atoms with Gasteiger partial charge in [0.1, 0.15) is 17.6 Å². The van der Waals surface area contributed by atoms with E-state index in [1.54, 1.807) is 18.5 Å². The largest absolute Gasteiger partial charge is 0.338 e. The van der Waals surface area contributed by atoms with Gasteiger partial charge >= 0.3 is 0 Å². The summed E-state index contributed by atoms with van der Waals surface area (Å²) >= 11 is 0. The van der Waals surface area contributed by atoms with E-state index in [0.29, 0.717) is 17.6 Å². The van der Waals surface area contributed by atoms with E-state index in [0.717, 1.165) is 43.0 Å². The van der Waals surface area contributed by atoms with Gasteiger partial charge in [0, 0.05) is 23.8 Å². The van der Waals surface area contributed by atoms with E-state index in [9.17, 15) is 0 Å². The van der Waals surface area contributed by atoms with Crippen LogP contribution in [-0.2, 0) is 6.54 Å². The lowest BCUT2D eigenvalue weighted by Crippen LogP contribution is -2.24. The fourth-order valence-electron chi connectivity index (χ4n) is 4.24. The third-order valence-electron chi connectivity index (χ3n) is 5.85. The van der Waals surface area contributed by atoms with Crippen molar-refractivity contribution in [2.75, 3.05) is 11.9 Å². The molecule has 31 heavy (non-hydrogen) atoms. The normalized spacial score (nSPS) is 16.6. The van der Waals surface area contributed by atoms with Crippen molar-refractivity contribution in [3.8, 4) is 6.07 Å². The summed E-state index contributed by atoms with van der Waals surface area (Å²) in [5.74, 6) is 0.657. The maximum Gasteiger partial charge on any atom is 0.148 e. The Kier molecular flexibility index (Phi) is 5.96. The predicted octanol–water partition coefficient (Wildman–Crippen LogP) is 4.22. The highest BCUT2D eigenvalue weighted by Gasteiger charge is 2.29. The molecule has 1 unspecified atom stereocenters. The number of pyridine rings is 1. The van der Waals surface area contributed by atoms with Gasteiger partial charge in [-0.2, -0.15) is 10.4 Å². The van der Waals surface area contributed by atoms with Crippen LogP contribution in [0.1, 0.15) is 67.1 Å². The van der Waals surface area contributed by atoms with Gasteiger partial charge in [0.25, 0.3) is 0 Å². The average Bonchev–Trinajstić information content (AvgIpc) is 3.35. The fourth-order valence-corrected chi connectivity index (χ4v) is 4.24. The molecular weight excluding hydrogens is 388 g/mol. The Hall–Kier alpha value is -3.31. The van der Waals surface area contributed by atoms with Gasteiger partial charge in [0.15, 0.2) is 0 Å². The van der Waals surface area contributed by atoms with Gasteiger partial charge in [0.05, 0.1) is 41.7 Å². The first-order chi connectivity index (χ1) is 15.0. The second-order valence-electron chi connectivity index (χ2n) is 8.31. The Balaban J connectivity index is 1.47. The number of hydrogen-bond acceptors (Lipinski definition) is 7. The molecule has 4 heterocycles. The lowest BCUT2D eigenvalue weighted by atomic mass is 10.1. The zero-order valence-electron chi connectivity index (χ0n) is 18.5. The van der Waals surface area contributed by atoms with Crippen LogP contribution in [-0.4, -0.2) is 36.2 Å². The average molecular weight is 417 g/mol. The minimum atomic E-state index is 0.263. The van der Waals surface area contributed by atoms with E-state index in [-0.39, 0.29) is 6.04 Å². The lowest BCUT2D eigenvalue weighted by Gasteiger charge is -2.24. The summed E-state index contributed by atoms with van der Waals surface area (Å²) in [5, 5.41) is 16.8. The van der Waals surface area contributed by atoms with Gasteiger partial charge in [-0.25, -0.2) is 9.97 Å². The molecule has 0 aliphatic carbocycles. The maximum absolute atomic E-state index is 8.86. The summed E-state index contributed by atoms with van der Waals surface area (Å²) < 4.78 is 2.12. The van der Waals surface area contributed by atoms with Crippen molar-refractivity contribution in [3.05, 3.63) is 59.1 Å². The molecule has 1 saturated heterocycles. The van der Waals surface area contributed by atoms with Crippen LogP contribution in [0.2, 0.25) is 0 Å². The molecule has 1 aliphatic heterocycles. The molecule has 0 spiro atoms. The molecule has 4 rings (SSSR count). The molecule has 8 nitrogen and oxygen atoms in total. The topological polar surface area (TPSA) is 95.6 Å². The van der Waals surface area contributed by atoms with Gasteiger partial charge in [-0.05, 0) is 59.2 Å². The van der Waals surface area contributed by atoms with Crippen LogP contribution >= 0.6 is 0 Å². The van der Waals surface area contributed by atoms with Crippen molar-refractivity contribution in [2.45, 2.75) is 59.2 Å². The van der Waals surface area contributed by atoms with Crippen molar-refractivity contribution >= 4 is 11.5 Å². The maximum atomic E-state index is 8.86. The highest BCUT2D eigenvalue weighted by Crippen LogP contribution is 2.33. The molecule has 0 saturated carbocycles. The monoisotopic (exact) mass is 416 g/mol. The first-order valence-corrected chi connectivity index (χ1v) is 10.7. The number of aryl methyl sites for hydroxylation is 1. The smallest absolute Gasteiger partial charge is 0.148 e. The van der Waals surface area contributed by atoms with Crippen molar-refractivity contribution < 1.29 is 0 Å². The van der Waals surface area contributed by atoms with Crippen molar-refractivity contribution in [3.63, 3.8) is 0 Å². The molecule has 3 aromatic rings. The quantitative estimate of drug-likeness (QED) is 0.643. The van der Waals surface area contributed by atoms with Crippen molar-refractivity contribution in [1.29, 1.82) is 5.26 Å². The Labute approximate surface area is 183 Å². The highest BCUT2D eigenvalue weighted by atomic mass is 15.3. The highest BCUT2D eigenvalue weighted by molar-refractivity contribution is 5.54. The number of aromatic nitrogens is 5. The third-order valence-corrected chi connectivity index (χ3v) is 5.85. The summed E-state index contributed by atoms with van der Waals surface area (Å²) in [4.78, 5) is 15.8.